The average molecular weight is 175 g/mol. The van der Waals surface area contributed by atoms with Crippen molar-refractivity contribution in [3.8, 4) is 0 Å². The Balaban J connectivity index is 0.00000121. The Morgan fingerprint density at radius 3 is 2.42 bits per heavy atom. The predicted molar refractivity (Wildman–Crippen MR) is 45.2 cm³/mol. The first-order valence-corrected chi connectivity index (χ1v) is 3.81. The van der Waals surface area contributed by atoms with Gasteiger partial charge in [-0.25, -0.2) is 0 Å². The third kappa shape index (κ3) is 5.09. The highest BCUT2D eigenvalue weighted by atomic mass is 16.6. The van der Waals surface area contributed by atoms with Gasteiger partial charge in [-0.2, -0.15) is 0 Å². The van der Waals surface area contributed by atoms with Crippen LogP contribution in [0.5, 0.6) is 0 Å². The summed E-state index contributed by atoms with van der Waals surface area (Å²) in [5.41, 5.74) is -0.369. The van der Waals surface area contributed by atoms with E-state index in [0.717, 1.165) is 0 Å². The molecule has 0 aromatic heterocycles. The van der Waals surface area contributed by atoms with Crippen molar-refractivity contribution >= 4 is 5.97 Å². The number of carbonyl (C=O) groups is 1. The molecule has 1 saturated heterocycles. The van der Waals surface area contributed by atoms with Gasteiger partial charge in [0.25, 0.3) is 0 Å². The summed E-state index contributed by atoms with van der Waals surface area (Å²) in [5, 5.41) is 0. The Labute approximate surface area is 72.8 Å². The number of rotatable bonds is 2. The van der Waals surface area contributed by atoms with Crippen LogP contribution in [0.2, 0.25) is 0 Å². The summed E-state index contributed by atoms with van der Waals surface area (Å²) in [4.78, 5) is 11.0. The molecule has 4 heteroatoms. The van der Waals surface area contributed by atoms with Gasteiger partial charge in [-0.15, -0.1) is 0 Å². The molecule has 1 aliphatic rings. The molecule has 1 fully saturated rings. The van der Waals surface area contributed by atoms with Crippen LogP contribution in [0.3, 0.4) is 0 Å². The molecule has 0 bridgehead atoms. The summed E-state index contributed by atoms with van der Waals surface area (Å²) in [5.74, 6) is -0.167. The zero-order valence-electron chi connectivity index (χ0n) is 7.92. The maximum atomic E-state index is 11.0. The molecule has 0 amide bonds. The van der Waals surface area contributed by atoms with Gasteiger partial charge in [0.15, 0.2) is 0 Å². The largest absolute Gasteiger partial charge is 0.460 e. The number of hydrogen-bond acceptors (Lipinski definition) is 4. The highest BCUT2D eigenvalue weighted by Crippen LogP contribution is 2.16. The molecule has 0 unspecified atom stereocenters. The van der Waals surface area contributed by atoms with Gasteiger partial charge in [0.2, 0.25) is 0 Å². The van der Waals surface area contributed by atoms with E-state index in [-0.39, 0.29) is 23.8 Å². The van der Waals surface area contributed by atoms with Crippen molar-refractivity contribution in [2.24, 2.45) is 0 Å². The fraction of sp³-hybridized carbons (Fsp3) is 0.875. The third-order valence-corrected chi connectivity index (χ3v) is 1.22. The molecular formula is C8H17NO3. The van der Waals surface area contributed by atoms with Crippen molar-refractivity contribution in [1.82, 2.24) is 6.15 Å². The number of carbonyl (C=O) groups excluding carboxylic acids is 1. The SMILES string of the molecule is CC(C)(C)OC(=O)C[C@@H]1CO1.N. The lowest BCUT2D eigenvalue weighted by Crippen LogP contribution is -2.24. The molecule has 4 nitrogen and oxygen atoms in total. The lowest BCUT2D eigenvalue weighted by Gasteiger charge is -2.18. The maximum absolute atomic E-state index is 11.0. The normalized spacial score (nSPS) is 21.1. The molecule has 72 valence electrons. The van der Waals surface area contributed by atoms with Crippen molar-refractivity contribution in [1.29, 1.82) is 0 Å². The smallest absolute Gasteiger partial charge is 0.309 e. The molecule has 1 aliphatic heterocycles. The van der Waals surface area contributed by atoms with Crippen molar-refractivity contribution in [2.45, 2.75) is 38.9 Å². The van der Waals surface area contributed by atoms with Crippen LogP contribution in [-0.4, -0.2) is 24.3 Å². The molecule has 0 saturated carbocycles. The first-order chi connectivity index (χ1) is 4.97. The van der Waals surface area contributed by atoms with E-state index >= 15 is 0 Å². The summed E-state index contributed by atoms with van der Waals surface area (Å²) in [6.07, 6.45) is 0.530. The lowest BCUT2D eigenvalue weighted by atomic mass is 10.2. The van der Waals surface area contributed by atoms with Crippen LogP contribution in [0, 0.1) is 0 Å². The van der Waals surface area contributed by atoms with Crippen LogP contribution in [0.25, 0.3) is 0 Å². The number of esters is 1. The van der Waals surface area contributed by atoms with Gasteiger partial charge < -0.3 is 15.6 Å². The maximum Gasteiger partial charge on any atom is 0.309 e. The fourth-order valence-electron chi connectivity index (χ4n) is 0.755. The Hall–Kier alpha value is -0.610. The predicted octanol–water partition coefficient (Wildman–Crippen LogP) is 1.28. The molecule has 0 aliphatic carbocycles. The van der Waals surface area contributed by atoms with Gasteiger partial charge in [-0.3, -0.25) is 4.79 Å². The summed E-state index contributed by atoms with van der Waals surface area (Å²) in [6, 6.07) is 0. The second kappa shape index (κ2) is 3.87. The first-order valence-electron chi connectivity index (χ1n) is 3.81. The second-order valence-corrected chi connectivity index (χ2v) is 3.75. The summed E-state index contributed by atoms with van der Waals surface area (Å²) >= 11 is 0. The lowest BCUT2D eigenvalue weighted by molar-refractivity contribution is -0.155. The van der Waals surface area contributed by atoms with Crippen LogP contribution in [0.15, 0.2) is 0 Å². The molecule has 0 aromatic carbocycles. The minimum absolute atomic E-state index is 0. The molecule has 1 heterocycles. The second-order valence-electron chi connectivity index (χ2n) is 3.75. The van der Waals surface area contributed by atoms with E-state index in [0.29, 0.717) is 13.0 Å². The third-order valence-electron chi connectivity index (χ3n) is 1.22. The first kappa shape index (κ1) is 11.4. The minimum atomic E-state index is -0.369. The van der Waals surface area contributed by atoms with E-state index in [9.17, 15) is 4.79 Å². The molecule has 0 radical (unpaired) electrons. The summed E-state index contributed by atoms with van der Waals surface area (Å²) in [6.45, 7) is 6.29. The standard InChI is InChI=1S/C8H14O3.H3N/c1-8(2,3)11-7(9)4-6-5-10-6;/h6H,4-5H2,1-3H3;1H3/t6-;/m1./s1. The van der Waals surface area contributed by atoms with Gasteiger partial charge in [0.05, 0.1) is 19.1 Å². The number of hydrogen-bond donors (Lipinski definition) is 1. The zero-order chi connectivity index (χ0) is 8.48. The van der Waals surface area contributed by atoms with Crippen molar-refractivity contribution in [2.75, 3.05) is 6.61 Å². The monoisotopic (exact) mass is 175 g/mol. The highest BCUT2D eigenvalue weighted by Gasteiger charge is 2.28. The Kier molecular flexibility index (Phi) is 3.67. The van der Waals surface area contributed by atoms with Crippen LogP contribution >= 0.6 is 0 Å². The number of ether oxygens (including phenoxy) is 2. The zero-order valence-corrected chi connectivity index (χ0v) is 7.92. The van der Waals surface area contributed by atoms with Crippen LogP contribution in [-0.2, 0) is 14.3 Å². The van der Waals surface area contributed by atoms with Crippen LogP contribution in [0.1, 0.15) is 27.2 Å². The van der Waals surface area contributed by atoms with E-state index in [4.69, 9.17) is 9.47 Å². The van der Waals surface area contributed by atoms with Gasteiger partial charge in [0.1, 0.15) is 5.60 Å². The van der Waals surface area contributed by atoms with E-state index < -0.39 is 0 Å². The topological polar surface area (TPSA) is 73.8 Å². The van der Waals surface area contributed by atoms with Crippen molar-refractivity contribution in [3.05, 3.63) is 0 Å². The number of epoxide rings is 1. The van der Waals surface area contributed by atoms with E-state index in [1.807, 2.05) is 20.8 Å². The Bertz CT molecular complexity index is 158. The molecular weight excluding hydrogens is 158 g/mol. The van der Waals surface area contributed by atoms with Gasteiger partial charge >= 0.3 is 5.97 Å². The summed E-state index contributed by atoms with van der Waals surface area (Å²) in [7, 11) is 0. The van der Waals surface area contributed by atoms with Gasteiger partial charge in [-0.05, 0) is 20.8 Å². The van der Waals surface area contributed by atoms with Crippen molar-refractivity contribution < 1.29 is 14.3 Å². The van der Waals surface area contributed by atoms with E-state index in [2.05, 4.69) is 0 Å². The quantitative estimate of drug-likeness (QED) is 0.506. The van der Waals surface area contributed by atoms with E-state index in [1.54, 1.807) is 0 Å². The van der Waals surface area contributed by atoms with Crippen molar-refractivity contribution in [3.63, 3.8) is 0 Å². The molecule has 0 spiro atoms. The van der Waals surface area contributed by atoms with Crippen LogP contribution < -0.4 is 6.15 Å². The van der Waals surface area contributed by atoms with Gasteiger partial charge in [-0.1, -0.05) is 0 Å². The fourth-order valence-corrected chi connectivity index (χ4v) is 0.755. The minimum Gasteiger partial charge on any atom is -0.460 e. The molecule has 1 atom stereocenters. The molecule has 12 heavy (non-hydrogen) atoms. The Morgan fingerprint density at radius 1 is 1.58 bits per heavy atom. The van der Waals surface area contributed by atoms with Crippen LogP contribution in [0.4, 0.5) is 0 Å². The Morgan fingerprint density at radius 2 is 2.08 bits per heavy atom. The highest BCUT2D eigenvalue weighted by molar-refractivity contribution is 5.70. The average Bonchev–Trinajstić information content (AvgIpc) is 2.42. The van der Waals surface area contributed by atoms with Gasteiger partial charge in [0, 0.05) is 0 Å². The molecule has 1 rings (SSSR count). The van der Waals surface area contributed by atoms with E-state index in [1.165, 1.54) is 0 Å². The summed E-state index contributed by atoms with van der Waals surface area (Å²) < 4.78 is 9.96. The molecule has 3 N–H and O–H groups in total. The molecule has 0 aromatic rings.